The summed E-state index contributed by atoms with van der Waals surface area (Å²) in [6.07, 6.45) is 0. The molecule has 1 amide bonds. The normalized spacial score (nSPS) is 10.7. The van der Waals surface area contributed by atoms with Crippen LogP contribution in [0.5, 0.6) is 5.75 Å². The first-order valence-corrected chi connectivity index (χ1v) is 7.89. The molecule has 0 saturated carbocycles. The van der Waals surface area contributed by atoms with Gasteiger partial charge in [-0.3, -0.25) is 4.79 Å². The lowest BCUT2D eigenvalue weighted by molar-refractivity contribution is -0.134. The molecule has 0 aliphatic heterocycles. The Bertz CT molecular complexity index is 630. The van der Waals surface area contributed by atoms with Gasteiger partial charge in [0.25, 0.3) is 5.91 Å². The number of nitrogens with zero attached hydrogens (tertiary/aromatic N) is 2. The van der Waals surface area contributed by atoms with Crippen molar-refractivity contribution in [1.82, 2.24) is 9.80 Å². The van der Waals surface area contributed by atoms with E-state index in [9.17, 15) is 9.18 Å². The van der Waals surface area contributed by atoms with Crippen molar-refractivity contribution in [3.8, 4) is 5.75 Å². The number of amides is 1. The van der Waals surface area contributed by atoms with E-state index in [4.69, 9.17) is 4.74 Å². The van der Waals surface area contributed by atoms with Crippen LogP contribution >= 0.6 is 0 Å². The molecule has 0 aliphatic carbocycles. The van der Waals surface area contributed by atoms with Crippen molar-refractivity contribution < 1.29 is 13.9 Å². The summed E-state index contributed by atoms with van der Waals surface area (Å²) >= 11 is 0. The van der Waals surface area contributed by atoms with Crippen molar-refractivity contribution in [1.29, 1.82) is 0 Å². The molecule has 0 bridgehead atoms. The van der Waals surface area contributed by atoms with Gasteiger partial charge in [-0.25, -0.2) is 4.39 Å². The summed E-state index contributed by atoms with van der Waals surface area (Å²) in [4.78, 5) is 16.3. The first-order chi connectivity index (χ1) is 11.5. The van der Waals surface area contributed by atoms with Gasteiger partial charge in [-0.15, -0.1) is 0 Å². The van der Waals surface area contributed by atoms with Crippen LogP contribution in [0.1, 0.15) is 5.56 Å². The lowest BCUT2D eigenvalue weighted by Gasteiger charge is -2.24. The van der Waals surface area contributed by atoms with Crippen LogP contribution in [0.3, 0.4) is 0 Å². The predicted molar refractivity (Wildman–Crippen MR) is 92.3 cm³/mol. The lowest BCUT2D eigenvalue weighted by atomic mass is 10.2. The van der Waals surface area contributed by atoms with E-state index in [0.717, 1.165) is 12.1 Å². The first-order valence-electron chi connectivity index (χ1n) is 7.89. The summed E-state index contributed by atoms with van der Waals surface area (Å²) in [6.45, 7) is 1.87. The maximum atomic E-state index is 12.9. The monoisotopic (exact) mass is 330 g/mol. The van der Waals surface area contributed by atoms with Gasteiger partial charge in [0.15, 0.2) is 6.61 Å². The molecule has 0 spiro atoms. The summed E-state index contributed by atoms with van der Waals surface area (Å²) in [5, 5.41) is 0. The number of carbonyl (C=O) groups excluding carboxylic acids is 1. The Morgan fingerprint density at radius 1 is 1.00 bits per heavy atom. The largest absolute Gasteiger partial charge is 0.484 e. The molecule has 0 aromatic heterocycles. The zero-order valence-electron chi connectivity index (χ0n) is 14.1. The van der Waals surface area contributed by atoms with Gasteiger partial charge in [0.05, 0.1) is 0 Å². The van der Waals surface area contributed by atoms with E-state index in [1.807, 2.05) is 49.3 Å². The summed E-state index contributed by atoms with van der Waals surface area (Å²) in [7, 11) is 3.94. The highest BCUT2D eigenvalue weighted by molar-refractivity contribution is 5.77. The maximum Gasteiger partial charge on any atom is 0.260 e. The van der Waals surface area contributed by atoms with E-state index >= 15 is 0 Å². The van der Waals surface area contributed by atoms with Gasteiger partial charge in [0.2, 0.25) is 0 Å². The Balaban J connectivity index is 1.96. The summed E-state index contributed by atoms with van der Waals surface area (Å²) in [5.74, 6) is 0.0624. The molecule has 5 heteroatoms. The Kier molecular flexibility index (Phi) is 6.75. The molecular weight excluding hydrogens is 307 g/mol. The molecule has 0 heterocycles. The van der Waals surface area contributed by atoms with E-state index in [-0.39, 0.29) is 18.3 Å². The fourth-order valence-electron chi connectivity index (χ4n) is 2.18. The number of carbonyl (C=O) groups is 1. The number of halogens is 1. The second kappa shape index (κ2) is 9.03. The predicted octanol–water partition coefficient (Wildman–Crippen LogP) is 2.79. The third-order valence-corrected chi connectivity index (χ3v) is 3.56. The van der Waals surface area contributed by atoms with Crippen LogP contribution in [0.4, 0.5) is 4.39 Å². The van der Waals surface area contributed by atoms with E-state index in [1.54, 1.807) is 4.90 Å². The molecule has 0 N–H and O–H groups in total. The second-order valence-corrected chi connectivity index (χ2v) is 5.85. The molecule has 2 aromatic rings. The molecule has 0 saturated heterocycles. The minimum atomic E-state index is -0.328. The van der Waals surface area contributed by atoms with Crippen molar-refractivity contribution in [2.45, 2.75) is 6.54 Å². The van der Waals surface area contributed by atoms with Crippen LogP contribution in [0.25, 0.3) is 0 Å². The first kappa shape index (κ1) is 17.9. The standard InChI is InChI=1S/C19H23FN2O2/c1-21(2)12-13-22(14-16-6-4-3-5-7-16)19(23)15-24-18-10-8-17(20)9-11-18/h3-11H,12-15H2,1-2H3. The number of hydrogen-bond acceptors (Lipinski definition) is 3. The highest BCUT2D eigenvalue weighted by Crippen LogP contribution is 2.12. The van der Waals surface area contributed by atoms with Gasteiger partial charge in [-0.2, -0.15) is 0 Å². The maximum absolute atomic E-state index is 12.9. The molecular formula is C19H23FN2O2. The minimum Gasteiger partial charge on any atom is -0.484 e. The molecule has 24 heavy (non-hydrogen) atoms. The van der Waals surface area contributed by atoms with Crippen molar-refractivity contribution >= 4 is 5.91 Å². The topological polar surface area (TPSA) is 32.8 Å². The van der Waals surface area contributed by atoms with Crippen LogP contribution in [0.2, 0.25) is 0 Å². The fourth-order valence-corrected chi connectivity index (χ4v) is 2.18. The Morgan fingerprint density at radius 2 is 1.67 bits per heavy atom. The zero-order valence-corrected chi connectivity index (χ0v) is 14.1. The molecule has 128 valence electrons. The van der Waals surface area contributed by atoms with Crippen LogP contribution in [0.15, 0.2) is 54.6 Å². The summed E-state index contributed by atoms with van der Waals surface area (Å²) in [6, 6.07) is 15.5. The quantitative estimate of drug-likeness (QED) is 0.746. The van der Waals surface area contributed by atoms with E-state index in [2.05, 4.69) is 0 Å². The Labute approximate surface area is 142 Å². The highest BCUT2D eigenvalue weighted by atomic mass is 19.1. The Hall–Kier alpha value is -2.40. The van der Waals surface area contributed by atoms with Crippen LogP contribution < -0.4 is 4.74 Å². The fraction of sp³-hybridized carbons (Fsp3) is 0.316. The number of rotatable bonds is 8. The van der Waals surface area contributed by atoms with Gasteiger partial charge in [0, 0.05) is 19.6 Å². The van der Waals surface area contributed by atoms with Crippen LogP contribution in [-0.4, -0.2) is 49.5 Å². The molecule has 2 rings (SSSR count). The van der Waals surface area contributed by atoms with E-state index in [1.165, 1.54) is 24.3 Å². The third-order valence-electron chi connectivity index (χ3n) is 3.56. The van der Waals surface area contributed by atoms with E-state index in [0.29, 0.717) is 18.8 Å². The SMILES string of the molecule is CN(C)CCN(Cc1ccccc1)C(=O)COc1ccc(F)cc1. The smallest absolute Gasteiger partial charge is 0.260 e. The second-order valence-electron chi connectivity index (χ2n) is 5.85. The molecule has 0 atom stereocenters. The van der Waals surface area contributed by atoms with Crippen LogP contribution in [0, 0.1) is 5.82 Å². The lowest BCUT2D eigenvalue weighted by Crippen LogP contribution is -2.38. The Morgan fingerprint density at radius 3 is 2.29 bits per heavy atom. The average molecular weight is 330 g/mol. The van der Waals surface area contributed by atoms with Crippen molar-refractivity contribution in [3.05, 3.63) is 66.0 Å². The zero-order chi connectivity index (χ0) is 17.4. The van der Waals surface area contributed by atoms with Gasteiger partial charge in [-0.1, -0.05) is 30.3 Å². The molecule has 0 fully saturated rings. The molecule has 2 aromatic carbocycles. The van der Waals surface area contributed by atoms with Gasteiger partial charge >= 0.3 is 0 Å². The van der Waals surface area contributed by atoms with Gasteiger partial charge in [0.1, 0.15) is 11.6 Å². The number of benzene rings is 2. The van der Waals surface area contributed by atoms with Crippen LogP contribution in [-0.2, 0) is 11.3 Å². The molecule has 0 unspecified atom stereocenters. The van der Waals surface area contributed by atoms with Crippen molar-refractivity contribution in [2.24, 2.45) is 0 Å². The van der Waals surface area contributed by atoms with Crippen molar-refractivity contribution in [2.75, 3.05) is 33.8 Å². The number of hydrogen-bond donors (Lipinski definition) is 0. The van der Waals surface area contributed by atoms with Crippen molar-refractivity contribution in [3.63, 3.8) is 0 Å². The minimum absolute atomic E-state index is 0.0636. The highest BCUT2D eigenvalue weighted by Gasteiger charge is 2.15. The molecule has 0 aliphatic rings. The third kappa shape index (κ3) is 6.01. The van der Waals surface area contributed by atoms with E-state index < -0.39 is 0 Å². The summed E-state index contributed by atoms with van der Waals surface area (Å²) in [5.41, 5.74) is 1.08. The average Bonchev–Trinajstić information content (AvgIpc) is 2.58. The van der Waals surface area contributed by atoms with Gasteiger partial charge in [-0.05, 0) is 43.9 Å². The number of likely N-dealkylation sites (N-methyl/N-ethyl adjacent to an activating group) is 1. The number of ether oxygens (including phenoxy) is 1. The molecule has 4 nitrogen and oxygen atoms in total. The van der Waals surface area contributed by atoms with Gasteiger partial charge < -0.3 is 14.5 Å². The summed E-state index contributed by atoms with van der Waals surface area (Å²) < 4.78 is 18.4. The molecule has 0 radical (unpaired) electrons.